The Bertz CT molecular complexity index is 271. The van der Waals surface area contributed by atoms with Gasteiger partial charge < -0.3 is 5.32 Å². The Labute approximate surface area is 89.8 Å². The largest absolute Gasteiger partial charge is 0.317 e. The van der Waals surface area contributed by atoms with Gasteiger partial charge in [0.2, 0.25) is 0 Å². The summed E-state index contributed by atoms with van der Waals surface area (Å²) in [4.78, 5) is 5.57. The van der Waals surface area contributed by atoms with Gasteiger partial charge in [-0.3, -0.25) is 4.98 Å². The van der Waals surface area contributed by atoms with Gasteiger partial charge in [0.1, 0.15) is 0 Å². The van der Waals surface area contributed by atoms with Gasteiger partial charge in [-0.1, -0.05) is 6.92 Å². The number of thiazole rings is 1. The van der Waals surface area contributed by atoms with E-state index in [1.165, 1.54) is 24.1 Å². The molecule has 0 amide bonds. The topological polar surface area (TPSA) is 24.9 Å². The molecule has 0 spiro atoms. The number of rotatable bonds is 3. The lowest BCUT2D eigenvalue weighted by Crippen LogP contribution is -2.29. The lowest BCUT2D eigenvalue weighted by atomic mass is 9.92. The van der Waals surface area contributed by atoms with Crippen molar-refractivity contribution in [2.45, 2.75) is 32.2 Å². The second-order valence-corrected chi connectivity index (χ2v) is 5.23. The van der Waals surface area contributed by atoms with Crippen LogP contribution in [0.15, 0.2) is 11.7 Å². The number of nitrogens with zero attached hydrogens (tertiary/aromatic N) is 1. The van der Waals surface area contributed by atoms with Crippen LogP contribution in [0.3, 0.4) is 0 Å². The van der Waals surface area contributed by atoms with E-state index in [1.807, 2.05) is 11.7 Å². The normalized spacial score (nSPS) is 32.3. The fourth-order valence-corrected chi connectivity index (χ4v) is 3.23. The fraction of sp³-hybridized carbons (Fsp3) is 0.727. The van der Waals surface area contributed by atoms with E-state index in [1.54, 1.807) is 11.3 Å². The van der Waals surface area contributed by atoms with Gasteiger partial charge >= 0.3 is 0 Å². The van der Waals surface area contributed by atoms with Gasteiger partial charge in [0, 0.05) is 17.1 Å². The van der Waals surface area contributed by atoms with Gasteiger partial charge in [-0.05, 0) is 38.1 Å². The summed E-state index contributed by atoms with van der Waals surface area (Å²) in [5.41, 5.74) is 1.94. The molecule has 1 aromatic heterocycles. The minimum absolute atomic E-state index is 0.730. The van der Waals surface area contributed by atoms with Crippen LogP contribution in [0.1, 0.15) is 24.6 Å². The predicted octanol–water partition coefficient (Wildman–Crippen LogP) is 2.32. The molecule has 0 aliphatic heterocycles. The Hall–Kier alpha value is -0.410. The Morgan fingerprint density at radius 1 is 1.57 bits per heavy atom. The maximum Gasteiger partial charge on any atom is 0.0794 e. The van der Waals surface area contributed by atoms with E-state index >= 15 is 0 Å². The molecule has 1 aliphatic carbocycles. The van der Waals surface area contributed by atoms with E-state index in [2.05, 4.69) is 24.3 Å². The van der Waals surface area contributed by atoms with Crippen molar-refractivity contribution in [3.05, 3.63) is 16.6 Å². The van der Waals surface area contributed by atoms with Crippen LogP contribution in [0, 0.1) is 11.8 Å². The quantitative estimate of drug-likeness (QED) is 0.828. The summed E-state index contributed by atoms with van der Waals surface area (Å²) < 4.78 is 0. The minimum atomic E-state index is 0.730. The van der Waals surface area contributed by atoms with Crippen molar-refractivity contribution in [2.75, 3.05) is 7.05 Å². The van der Waals surface area contributed by atoms with Crippen molar-refractivity contribution in [3.63, 3.8) is 0 Å². The van der Waals surface area contributed by atoms with Gasteiger partial charge in [-0.15, -0.1) is 11.3 Å². The molecule has 2 rings (SSSR count). The summed E-state index contributed by atoms with van der Waals surface area (Å²) in [6.07, 6.45) is 5.94. The minimum Gasteiger partial charge on any atom is -0.317 e. The summed E-state index contributed by atoms with van der Waals surface area (Å²) in [6.45, 7) is 2.37. The van der Waals surface area contributed by atoms with Gasteiger partial charge in [-0.2, -0.15) is 0 Å². The molecule has 1 N–H and O–H groups in total. The lowest BCUT2D eigenvalue weighted by molar-refractivity contribution is 0.365. The summed E-state index contributed by atoms with van der Waals surface area (Å²) in [7, 11) is 2.08. The highest BCUT2D eigenvalue weighted by Gasteiger charge is 2.31. The second kappa shape index (κ2) is 4.41. The highest BCUT2D eigenvalue weighted by Crippen LogP contribution is 2.34. The van der Waals surface area contributed by atoms with Crippen LogP contribution >= 0.6 is 11.3 Å². The molecule has 0 saturated heterocycles. The molecule has 0 aromatic carbocycles. The van der Waals surface area contributed by atoms with Crippen LogP contribution in [-0.4, -0.2) is 18.1 Å². The first kappa shape index (κ1) is 10.1. The van der Waals surface area contributed by atoms with Crippen LogP contribution in [0.2, 0.25) is 0 Å². The zero-order chi connectivity index (χ0) is 9.97. The van der Waals surface area contributed by atoms with Crippen molar-refractivity contribution in [2.24, 2.45) is 11.8 Å². The maximum absolute atomic E-state index is 4.13. The van der Waals surface area contributed by atoms with Crippen LogP contribution < -0.4 is 5.32 Å². The molecule has 3 heteroatoms. The van der Waals surface area contributed by atoms with E-state index < -0.39 is 0 Å². The number of hydrogen-bond donors (Lipinski definition) is 1. The van der Waals surface area contributed by atoms with Gasteiger partial charge in [0.05, 0.1) is 5.51 Å². The molecule has 14 heavy (non-hydrogen) atoms. The molecule has 1 saturated carbocycles. The van der Waals surface area contributed by atoms with Gasteiger partial charge in [-0.25, -0.2) is 0 Å². The molecule has 0 bridgehead atoms. The molecule has 78 valence electrons. The summed E-state index contributed by atoms with van der Waals surface area (Å²) in [5, 5.41) is 3.41. The molecule has 1 fully saturated rings. The smallest absolute Gasteiger partial charge is 0.0794 e. The monoisotopic (exact) mass is 210 g/mol. The average Bonchev–Trinajstić information content (AvgIpc) is 2.79. The third-order valence-electron chi connectivity index (χ3n) is 3.54. The Kier molecular flexibility index (Phi) is 3.19. The molecular formula is C11H18N2S. The van der Waals surface area contributed by atoms with E-state index in [0.717, 1.165) is 17.9 Å². The van der Waals surface area contributed by atoms with Gasteiger partial charge in [0.25, 0.3) is 0 Å². The highest BCUT2D eigenvalue weighted by molar-refractivity contribution is 7.09. The Morgan fingerprint density at radius 2 is 2.43 bits per heavy atom. The highest BCUT2D eigenvalue weighted by atomic mass is 32.1. The molecule has 1 aromatic rings. The number of nitrogens with one attached hydrogen (secondary N) is 1. The molecule has 0 radical (unpaired) electrons. The zero-order valence-corrected chi connectivity index (χ0v) is 9.68. The van der Waals surface area contributed by atoms with Crippen molar-refractivity contribution < 1.29 is 0 Å². The Morgan fingerprint density at radius 3 is 3.00 bits per heavy atom. The molecule has 2 nitrogen and oxygen atoms in total. The van der Waals surface area contributed by atoms with Crippen LogP contribution in [0.25, 0.3) is 0 Å². The summed E-state index contributed by atoms with van der Waals surface area (Å²) in [6, 6.07) is 0.730. The third-order valence-corrected chi connectivity index (χ3v) is 4.35. The number of aromatic nitrogens is 1. The average molecular weight is 210 g/mol. The molecule has 1 aliphatic rings. The first-order valence-corrected chi connectivity index (χ1v) is 6.24. The SMILES string of the molecule is CNC1CCC(Cc2cncs2)C1C. The van der Waals surface area contributed by atoms with Crippen LogP contribution in [0.4, 0.5) is 0 Å². The first-order chi connectivity index (χ1) is 6.81. The molecule has 3 unspecified atom stereocenters. The van der Waals surface area contributed by atoms with E-state index in [9.17, 15) is 0 Å². The van der Waals surface area contributed by atoms with E-state index in [4.69, 9.17) is 0 Å². The summed E-state index contributed by atoms with van der Waals surface area (Å²) >= 11 is 1.79. The fourth-order valence-electron chi connectivity index (χ4n) is 2.54. The van der Waals surface area contributed by atoms with Crippen LogP contribution in [-0.2, 0) is 6.42 Å². The zero-order valence-electron chi connectivity index (χ0n) is 8.86. The number of hydrogen-bond acceptors (Lipinski definition) is 3. The lowest BCUT2D eigenvalue weighted by Gasteiger charge is -2.19. The first-order valence-electron chi connectivity index (χ1n) is 5.36. The van der Waals surface area contributed by atoms with Crippen molar-refractivity contribution >= 4 is 11.3 Å². The molecular weight excluding hydrogens is 192 g/mol. The van der Waals surface area contributed by atoms with E-state index in [-0.39, 0.29) is 0 Å². The van der Waals surface area contributed by atoms with E-state index in [0.29, 0.717) is 0 Å². The van der Waals surface area contributed by atoms with Gasteiger partial charge in [0.15, 0.2) is 0 Å². The standard InChI is InChI=1S/C11H18N2S/c1-8-9(3-4-11(8)12-2)5-10-6-13-7-14-10/h6-9,11-12H,3-5H2,1-2H3. The summed E-state index contributed by atoms with van der Waals surface area (Å²) in [5.74, 6) is 1.66. The third kappa shape index (κ3) is 1.98. The van der Waals surface area contributed by atoms with Crippen molar-refractivity contribution in [3.8, 4) is 0 Å². The van der Waals surface area contributed by atoms with Crippen molar-refractivity contribution in [1.82, 2.24) is 10.3 Å². The second-order valence-electron chi connectivity index (χ2n) is 4.26. The van der Waals surface area contributed by atoms with Crippen molar-refractivity contribution in [1.29, 1.82) is 0 Å². The van der Waals surface area contributed by atoms with Crippen LogP contribution in [0.5, 0.6) is 0 Å². The Balaban J connectivity index is 1.94. The maximum atomic E-state index is 4.13. The molecule has 3 atom stereocenters. The predicted molar refractivity (Wildman–Crippen MR) is 60.6 cm³/mol. The molecule has 1 heterocycles.